The number of carbonyl (C=O) groups excluding carboxylic acids is 2. The molecule has 0 aromatic rings. The summed E-state index contributed by atoms with van der Waals surface area (Å²) in [5.41, 5.74) is 0. The number of nitrogens with one attached hydrogen (secondary N) is 1. The molecule has 0 fully saturated rings. The Labute approximate surface area is 506 Å². The van der Waals surface area contributed by atoms with Crippen molar-refractivity contribution < 1.29 is 24.5 Å². The zero-order valence-electron chi connectivity index (χ0n) is 54.8. The second-order valence-electron chi connectivity index (χ2n) is 25.3. The number of hydrogen-bond donors (Lipinski definition) is 3. The van der Waals surface area contributed by atoms with E-state index in [1.54, 1.807) is 6.08 Å². The van der Waals surface area contributed by atoms with Crippen LogP contribution < -0.4 is 5.32 Å². The number of unbranched alkanes of at least 4 members (excludes halogenated alkanes) is 54. The molecule has 0 aliphatic carbocycles. The molecule has 81 heavy (non-hydrogen) atoms. The molecule has 0 heterocycles. The van der Waals surface area contributed by atoms with E-state index in [0.717, 1.165) is 51.4 Å². The molecule has 0 saturated heterocycles. The maximum absolute atomic E-state index is 12.5. The van der Waals surface area contributed by atoms with E-state index in [2.05, 4.69) is 43.5 Å². The van der Waals surface area contributed by atoms with E-state index in [9.17, 15) is 19.8 Å². The Morgan fingerprint density at radius 3 is 0.963 bits per heavy atom. The van der Waals surface area contributed by atoms with Crippen molar-refractivity contribution in [1.82, 2.24) is 5.32 Å². The maximum Gasteiger partial charge on any atom is 0.305 e. The summed E-state index contributed by atoms with van der Waals surface area (Å²) in [6.45, 7) is 4.92. The van der Waals surface area contributed by atoms with E-state index in [0.29, 0.717) is 19.4 Å². The standard InChI is InChI=1S/C75H143NO5/c1-3-5-7-9-11-13-15-17-19-21-23-24-28-32-35-39-43-47-51-55-59-63-67-73(78)72(71-77)76-74(79)68-64-60-56-52-48-44-40-36-33-29-26-25-27-30-34-38-42-46-50-54-58-62-66-70-81-75(80)69-65-61-57-53-49-45-41-37-31-22-20-18-16-14-12-10-8-6-4-2/h12,14,18,20,63,67,72-73,77-78H,3-11,13,15-17,19,21-62,64-66,68-71H2,1-2H3,(H,76,79)/b14-12-,20-18-,67-63+. The number of carbonyl (C=O) groups is 2. The van der Waals surface area contributed by atoms with Gasteiger partial charge in [0.15, 0.2) is 0 Å². The highest BCUT2D eigenvalue weighted by Gasteiger charge is 2.18. The molecule has 0 spiro atoms. The number of allylic oxidation sites excluding steroid dienone is 5. The number of amides is 1. The summed E-state index contributed by atoms with van der Waals surface area (Å²) in [5, 5.41) is 23.3. The monoisotopic (exact) mass is 1140 g/mol. The van der Waals surface area contributed by atoms with Gasteiger partial charge in [-0.2, -0.15) is 0 Å². The summed E-state index contributed by atoms with van der Waals surface area (Å²) in [6, 6.07) is -0.629. The lowest BCUT2D eigenvalue weighted by Gasteiger charge is -2.20. The smallest absolute Gasteiger partial charge is 0.305 e. The summed E-state index contributed by atoms with van der Waals surface area (Å²) in [4.78, 5) is 24.7. The van der Waals surface area contributed by atoms with E-state index >= 15 is 0 Å². The van der Waals surface area contributed by atoms with Crippen molar-refractivity contribution in [2.75, 3.05) is 13.2 Å². The average Bonchev–Trinajstić information content (AvgIpc) is 3.47. The largest absolute Gasteiger partial charge is 0.466 e. The lowest BCUT2D eigenvalue weighted by atomic mass is 10.0. The first-order chi connectivity index (χ1) is 40.0. The number of ether oxygens (including phenoxy) is 1. The van der Waals surface area contributed by atoms with Gasteiger partial charge in [-0.1, -0.05) is 365 Å². The molecule has 3 N–H and O–H groups in total. The molecule has 0 saturated carbocycles. The number of hydrogen-bond acceptors (Lipinski definition) is 5. The first-order valence-electron chi connectivity index (χ1n) is 36.8. The fourth-order valence-electron chi connectivity index (χ4n) is 11.6. The highest BCUT2D eigenvalue weighted by Crippen LogP contribution is 2.19. The van der Waals surface area contributed by atoms with Crippen molar-refractivity contribution in [2.45, 2.75) is 418 Å². The molecule has 6 nitrogen and oxygen atoms in total. The molecule has 0 radical (unpaired) electrons. The molecule has 0 aromatic carbocycles. The third kappa shape index (κ3) is 67.1. The van der Waals surface area contributed by atoms with Gasteiger partial charge in [0.1, 0.15) is 0 Å². The van der Waals surface area contributed by atoms with Gasteiger partial charge in [0.05, 0.1) is 25.4 Å². The average molecular weight is 1140 g/mol. The molecule has 0 aromatic heterocycles. The first kappa shape index (κ1) is 79.1. The number of aliphatic hydroxyl groups excluding tert-OH is 2. The highest BCUT2D eigenvalue weighted by atomic mass is 16.5. The van der Waals surface area contributed by atoms with Crippen LogP contribution in [0.4, 0.5) is 0 Å². The Morgan fingerprint density at radius 2 is 0.617 bits per heavy atom. The number of rotatable bonds is 69. The minimum Gasteiger partial charge on any atom is -0.466 e. The van der Waals surface area contributed by atoms with Crippen molar-refractivity contribution >= 4 is 11.9 Å². The van der Waals surface area contributed by atoms with Crippen molar-refractivity contribution in [1.29, 1.82) is 0 Å². The summed E-state index contributed by atoms with van der Waals surface area (Å²) in [5.74, 6) is -0.0525. The Kier molecular flexibility index (Phi) is 68.9. The van der Waals surface area contributed by atoms with Crippen LogP contribution in [0.15, 0.2) is 36.5 Å². The van der Waals surface area contributed by atoms with Crippen LogP contribution in [-0.4, -0.2) is 47.4 Å². The fraction of sp³-hybridized carbons (Fsp3) is 0.893. The molecular formula is C75H143NO5. The van der Waals surface area contributed by atoms with Gasteiger partial charge in [0.25, 0.3) is 0 Å². The summed E-state index contributed by atoms with van der Waals surface area (Å²) >= 11 is 0. The van der Waals surface area contributed by atoms with E-state index in [4.69, 9.17) is 4.74 Å². The van der Waals surface area contributed by atoms with Crippen LogP contribution in [0.3, 0.4) is 0 Å². The van der Waals surface area contributed by atoms with Gasteiger partial charge in [-0.3, -0.25) is 9.59 Å². The summed E-state index contributed by atoms with van der Waals surface area (Å²) < 4.78 is 5.51. The fourth-order valence-corrected chi connectivity index (χ4v) is 11.6. The molecule has 1 amide bonds. The van der Waals surface area contributed by atoms with E-state index < -0.39 is 12.1 Å². The molecule has 0 aliphatic rings. The Morgan fingerprint density at radius 1 is 0.346 bits per heavy atom. The van der Waals surface area contributed by atoms with E-state index in [1.807, 2.05) is 6.08 Å². The van der Waals surface area contributed by atoms with Gasteiger partial charge >= 0.3 is 5.97 Å². The Balaban J connectivity index is 3.39. The SMILES string of the molecule is CCCCC/C=C\C/C=C\CCCCCCCCCCCC(=O)OCCCCCCCCCCCCCCCCCCCCCCCCCC(=O)NC(CO)C(O)/C=C/CCCCCCCCCCCCCCCCCCCCCC. The van der Waals surface area contributed by atoms with Crippen LogP contribution >= 0.6 is 0 Å². The Bertz CT molecular complexity index is 1310. The lowest BCUT2D eigenvalue weighted by Crippen LogP contribution is -2.45. The minimum absolute atomic E-state index is 0.0109. The van der Waals surface area contributed by atoms with Crippen LogP contribution in [0.5, 0.6) is 0 Å². The van der Waals surface area contributed by atoms with Gasteiger partial charge in [-0.05, 0) is 64.2 Å². The molecule has 2 atom stereocenters. The van der Waals surface area contributed by atoms with Crippen LogP contribution in [0, 0.1) is 0 Å². The molecule has 2 unspecified atom stereocenters. The quantitative estimate of drug-likeness (QED) is 0.0320. The predicted octanol–water partition coefficient (Wildman–Crippen LogP) is 23.9. The highest BCUT2D eigenvalue weighted by molar-refractivity contribution is 5.76. The van der Waals surface area contributed by atoms with Crippen LogP contribution in [0.2, 0.25) is 0 Å². The first-order valence-corrected chi connectivity index (χ1v) is 36.8. The second-order valence-corrected chi connectivity index (χ2v) is 25.3. The van der Waals surface area contributed by atoms with Gasteiger partial charge in [0, 0.05) is 12.8 Å². The van der Waals surface area contributed by atoms with Gasteiger partial charge < -0.3 is 20.3 Å². The number of aliphatic hydroxyl groups is 2. The van der Waals surface area contributed by atoms with E-state index in [1.165, 1.54) is 327 Å². The summed E-state index contributed by atoms with van der Waals surface area (Å²) in [6.07, 6.45) is 90.8. The summed E-state index contributed by atoms with van der Waals surface area (Å²) in [7, 11) is 0. The topological polar surface area (TPSA) is 95.9 Å². The third-order valence-corrected chi connectivity index (χ3v) is 17.2. The maximum atomic E-state index is 12.5. The normalized spacial score (nSPS) is 12.7. The van der Waals surface area contributed by atoms with Crippen molar-refractivity contribution in [3.8, 4) is 0 Å². The molecule has 0 bridgehead atoms. The number of esters is 1. The van der Waals surface area contributed by atoms with E-state index in [-0.39, 0.29) is 18.5 Å². The molecular weight excluding hydrogens is 995 g/mol. The van der Waals surface area contributed by atoms with Gasteiger partial charge in [-0.25, -0.2) is 0 Å². The minimum atomic E-state index is -0.846. The zero-order valence-corrected chi connectivity index (χ0v) is 54.8. The third-order valence-electron chi connectivity index (χ3n) is 17.2. The molecule has 6 heteroatoms. The van der Waals surface area contributed by atoms with Crippen LogP contribution in [-0.2, 0) is 14.3 Å². The van der Waals surface area contributed by atoms with Gasteiger partial charge in [-0.15, -0.1) is 0 Å². The molecule has 0 aliphatic heterocycles. The molecule has 0 rings (SSSR count). The van der Waals surface area contributed by atoms with Gasteiger partial charge in [0.2, 0.25) is 5.91 Å². The Hall–Kier alpha value is -1.92. The zero-order chi connectivity index (χ0) is 58.5. The second kappa shape index (κ2) is 70.6. The van der Waals surface area contributed by atoms with Crippen molar-refractivity contribution in [2.24, 2.45) is 0 Å². The predicted molar refractivity (Wildman–Crippen MR) is 356 cm³/mol. The van der Waals surface area contributed by atoms with Crippen molar-refractivity contribution in [3.63, 3.8) is 0 Å². The molecule has 478 valence electrons. The van der Waals surface area contributed by atoms with Crippen LogP contribution in [0.25, 0.3) is 0 Å². The van der Waals surface area contributed by atoms with Crippen LogP contribution in [0.1, 0.15) is 406 Å². The lowest BCUT2D eigenvalue weighted by molar-refractivity contribution is -0.143. The van der Waals surface area contributed by atoms with Crippen molar-refractivity contribution in [3.05, 3.63) is 36.5 Å².